The molecule has 0 amide bonds. The molecular formula is C21H20FN3O4. The van der Waals surface area contributed by atoms with Gasteiger partial charge in [0, 0.05) is 6.07 Å². The highest BCUT2D eigenvalue weighted by Crippen LogP contribution is 2.22. The number of hydrogen-bond acceptors (Lipinski definition) is 6. The summed E-state index contributed by atoms with van der Waals surface area (Å²) in [6.07, 6.45) is 3.95. The van der Waals surface area contributed by atoms with Gasteiger partial charge in [-0.2, -0.15) is 4.98 Å². The molecule has 4 rings (SSSR count). The molecule has 1 fully saturated rings. The number of rotatable bonds is 4. The van der Waals surface area contributed by atoms with Crippen LogP contribution in [-0.4, -0.2) is 15.7 Å². The molecule has 0 aliphatic heterocycles. The van der Waals surface area contributed by atoms with E-state index in [-0.39, 0.29) is 23.5 Å². The highest BCUT2D eigenvalue weighted by molar-refractivity contribution is 5.84. The Hall–Kier alpha value is -3.29. The first-order valence-corrected chi connectivity index (χ1v) is 9.52. The van der Waals surface area contributed by atoms with Gasteiger partial charge >= 0.3 is 11.6 Å². The Balaban J connectivity index is 1.66. The van der Waals surface area contributed by atoms with Gasteiger partial charge in [-0.15, -0.1) is 0 Å². The van der Waals surface area contributed by atoms with E-state index in [9.17, 15) is 14.0 Å². The Morgan fingerprint density at radius 1 is 1.28 bits per heavy atom. The van der Waals surface area contributed by atoms with Gasteiger partial charge in [0.2, 0.25) is 5.71 Å². The molecule has 0 atom stereocenters. The van der Waals surface area contributed by atoms with Crippen LogP contribution in [0.3, 0.4) is 0 Å². The number of H-pyrrole nitrogens is 1. The van der Waals surface area contributed by atoms with Gasteiger partial charge in [0.1, 0.15) is 11.2 Å². The lowest BCUT2D eigenvalue weighted by molar-refractivity contribution is 0.305. The summed E-state index contributed by atoms with van der Waals surface area (Å²) in [5, 5.41) is 4.21. The molecule has 1 aliphatic carbocycles. The number of aromatic amines is 1. The zero-order valence-corrected chi connectivity index (χ0v) is 15.9. The van der Waals surface area contributed by atoms with E-state index in [0.717, 1.165) is 31.4 Å². The first kappa shape index (κ1) is 19.0. The minimum atomic E-state index is -0.652. The second kappa shape index (κ2) is 7.98. The topological polar surface area (TPSA) is 97.5 Å². The average Bonchev–Trinajstić information content (AvgIpc) is 2.67. The van der Waals surface area contributed by atoms with Crippen LogP contribution in [0, 0.1) is 11.7 Å². The van der Waals surface area contributed by atoms with Crippen molar-refractivity contribution in [2.75, 3.05) is 0 Å². The van der Waals surface area contributed by atoms with Crippen molar-refractivity contribution in [2.24, 2.45) is 11.1 Å². The van der Waals surface area contributed by atoms with Gasteiger partial charge in [0.05, 0.1) is 5.71 Å². The van der Waals surface area contributed by atoms with Crippen LogP contribution in [0.2, 0.25) is 0 Å². The molecule has 7 nitrogen and oxygen atoms in total. The number of halogens is 1. The SMILES string of the molecule is CC1CCC(=NOc2nc3oc(=O)cc(Cc4cccc(F)c4)c3c(=O)[nH]2)CC1. The van der Waals surface area contributed by atoms with Crippen LogP contribution in [0.25, 0.3) is 11.1 Å². The first-order valence-electron chi connectivity index (χ1n) is 9.52. The zero-order chi connectivity index (χ0) is 20.4. The fourth-order valence-electron chi connectivity index (χ4n) is 3.47. The lowest BCUT2D eigenvalue weighted by atomic mass is 9.90. The monoisotopic (exact) mass is 397 g/mol. The standard InChI is InChI=1S/C21H20FN3O4/c1-12-5-7-16(8-6-12)25-29-21-23-19(27)18-14(11-17(26)28-20(18)24-21)9-13-3-2-4-15(22)10-13/h2-4,10-12H,5-9H2,1H3,(H,23,24,27). The second-order valence-corrected chi connectivity index (χ2v) is 7.38. The van der Waals surface area contributed by atoms with Crippen molar-refractivity contribution < 1.29 is 13.6 Å². The van der Waals surface area contributed by atoms with Crippen LogP contribution < -0.4 is 16.0 Å². The summed E-state index contributed by atoms with van der Waals surface area (Å²) in [6, 6.07) is 7.03. The van der Waals surface area contributed by atoms with Crippen LogP contribution in [0.15, 0.2) is 49.5 Å². The molecule has 0 radical (unpaired) electrons. The number of nitrogens with one attached hydrogen (secondary N) is 1. The third kappa shape index (κ3) is 4.42. The summed E-state index contributed by atoms with van der Waals surface area (Å²) in [4.78, 5) is 36.5. The van der Waals surface area contributed by atoms with Crippen molar-refractivity contribution >= 4 is 16.8 Å². The van der Waals surface area contributed by atoms with Crippen LogP contribution in [0.1, 0.15) is 43.7 Å². The summed E-state index contributed by atoms with van der Waals surface area (Å²) >= 11 is 0. The molecule has 1 aliphatic rings. The van der Waals surface area contributed by atoms with Crippen molar-refractivity contribution in [3.63, 3.8) is 0 Å². The van der Waals surface area contributed by atoms with Crippen molar-refractivity contribution in [1.29, 1.82) is 0 Å². The maximum Gasteiger partial charge on any atom is 0.337 e. The van der Waals surface area contributed by atoms with Gasteiger partial charge in [-0.3, -0.25) is 9.78 Å². The van der Waals surface area contributed by atoms with Crippen LogP contribution >= 0.6 is 0 Å². The third-order valence-electron chi connectivity index (χ3n) is 5.07. The molecule has 0 bridgehead atoms. The first-order chi connectivity index (χ1) is 14.0. The Kier molecular flexibility index (Phi) is 5.24. The summed E-state index contributed by atoms with van der Waals surface area (Å²) in [5.74, 6) is 0.270. The Labute approximate surface area is 165 Å². The van der Waals surface area contributed by atoms with E-state index in [2.05, 4.69) is 22.0 Å². The van der Waals surface area contributed by atoms with Gasteiger partial charge in [0.15, 0.2) is 0 Å². The number of oxime groups is 1. The predicted octanol–water partition coefficient (Wildman–Crippen LogP) is 3.55. The minimum Gasteiger partial charge on any atom is -0.403 e. The van der Waals surface area contributed by atoms with Gasteiger partial charge in [0.25, 0.3) is 5.56 Å². The largest absolute Gasteiger partial charge is 0.403 e. The maximum absolute atomic E-state index is 13.5. The van der Waals surface area contributed by atoms with Crippen LogP contribution in [-0.2, 0) is 6.42 Å². The van der Waals surface area contributed by atoms with E-state index in [1.54, 1.807) is 12.1 Å². The normalized spacial score (nSPS) is 16.8. The number of benzene rings is 1. The Bertz CT molecular complexity index is 1190. The fraction of sp³-hybridized carbons (Fsp3) is 0.333. The van der Waals surface area contributed by atoms with Crippen molar-refractivity contribution in [1.82, 2.24) is 9.97 Å². The van der Waals surface area contributed by atoms with Crippen molar-refractivity contribution in [3.8, 4) is 6.01 Å². The predicted molar refractivity (Wildman–Crippen MR) is 106 cm³/mol. The Morgan fingerprint density at radius 2 is 2.07 bits per heavy atom. The van der Waals surface area contributed by atoms with Gasteiger partial charge in [-0.05, 0) is 61.3 Å². The lowest BCUT2D eigenvalue weighted by Crippen LogP contribution is -2.16. The molecule has 1 saturated carbocycles. The van der Waals surface area contributed by atoms with E-state index in [0.29, 0.717) is 17.0 Å². The molecule has 0 unspecified atom stereocenters. The average molecular weight is 397 g/mol. The minimum absolute atomic E-state index is 0.125. The van der Waals surface area contributed by atoms with E-state index in [1.165, 1.54) is 18.2 Å². The smallest absolute Gasteiger partial charge is 0.337 e. The molecular weight excluding hydrogens is 377 g/mol. The molecule has 29 heavy (non-hydrogen) atoms. The maximum atomic E-state index is 13.5. The second-order valence-electron chi connectivity index (χ2n) is 7.38. The Morgan fingerprint density at radius 3 is 2.83 bits per heavy atom. The number of fused-ring (bicyclic) bond motifs is 1. The summed E-state index contributed by atoms with van der Waals surface area (Å²) in [6.45, 7) is 2.20. The lowest BCUT2D eigenvalue weighted by Gasteiger charge is -2.18. The third-order valence-corrected chi connectivity index (χ3v) is 5.07. The van der Waals surface area contributed by atoms with Crippen molar-refractivity contribution in [2.45, 2.75) is 39.0 Å². The summed E-state index contributed by atoms with van der Waals surface area (Å²) in [7, 11) is 0. The zero-order valence-electron chi connectivity index (χ0n) is 15.9. The summed E-state index contributed by atoms with van der Waals surface area (Å²) < 4.78 is 18.6. The highest BCUT2D eigenvalue weighted by atomic mass is 19.1. The molecule has 0 spiro atoms. The molecule has 0 saturated heterocycles. The van der Waals surface area contributed by atoms with Crippen molar-refractivity contribution in [3.05, 3.63) is 68.0 Å². The molecule has 1 N–H and O–H groups in total. The number of nitrogens with zero attached hydrogens (tertiary/aromatic N) is 2. The van der Waals surface area contributed by atoms with Gasteiger partial charge in [-0.1, -0.05) is 24.2 Å². The molecule has 150 valence electrons. The molecule has 2 heterocycles. The van der Waals surface area contributed by atoms with Gasteiger partial charge < -0.3 is 9.25 Å². The van der Waals surface area contributed by atoms with Gasteiger partial charge in [-0.25, -0.2) is 9.18 Å². The summed E-state index contributed by atoms with van der Waals surface area (Å²) in [5.41, 5.74) is 0.620. The molecule has 3 aromatic rings. The van der Waals surface area contributed by atoms with E-state index < -0.39 is 17.0 Å². The molecule has 2 aromatic heterocycles. The quantitative estimate of drug-likeness (QED) is 0.679. The van der Waals surface area contributed by atoms with E-state index in [4.69, 9.17) is 9.25 Å². The molecule has 1 aromatic carbocycles. The highest BCUT2D eigenvalue weighted by Gasteiger charge is 2.16. The fourth-order valence-corrected chi connectivity index (χ4v) is 3.47. The van der Waals surface area contributed by atoms with E-state index >= 15 is 0 Å². The number of hydrogen-bond donors (Lipinski definition) is 1. The number of aromatic nitrogens is 2. The van der Waals surface area contributed by atoms with Crippen LogP contribution in [0.4, 0.5) is 4.39 Å². The van der Waals surface area contributed by atoms with Crippen LogP contribution in [0.5, 0.6) is 6.01 Å². The molecule has 8 heteroatoms. The van der Waals surface area contributed by atoms with E-state index in [1.807, 2.05) is 0 Å².